The number of nitrogens with one attached hydrogen (secondary N) is 1. The van der Waals surface area contributed by atoms with Crippen molar-refractivity contribution in [2.45, 2.75) is 44.9 Å². The maximum Gasteiger partial charge on any atom is 0.200 e. The van der Waals surface area contributed by atoms with Crippen molar-refractivity contribution in [2.75, 3.05) is 0 Å². The Labute approximate surface area is 105 Å². The molecule has 2 heterocycles. The predicted molar refractivity (Wildman–Crippen MR) is 62.4 cm³/mol. The number of tetrazole rings is 1. The van der Waals surface area contributed by atoms with E-state index in [0.29, 0.717) is 25.1 Å². The number of ether oxygens (including phenoxy) is 1. The van der Waals surface area contributed by atoms with Gasteiger partial charge in [0.25, 0.3) is 0 Å². The van der Waals surface area contributed by atoms with Gasteiger partial charge in [-0.1, -0.05) is 18.1 Å². The molecule has 1 aliphatic carbocycles. The van der Waals surface area contributed by atoms with Crippen LogP contribution in [0.15, 0.2) is 12.3 Å². The summed E-state index contributed by atoms with van der Waals surface area (Å²) in [5, 5.41) is 18.0. The minimum atomic E-state index is 0.354. The number of H-pyrrole nitrogens is 1. The molecular weight excluding hydrogens is 232 g/mol. The standard InChI is InChI=1S/C11H16N6O/c1-2-4-10(3-1)17-6-5-9(14-17)7-18-8-11-12-15-16-13-11/h5-6,10H,1-4,7-8H2,(H,12,13,15,16). The molecule has 2 aromatic rings. The number of hydrogen-bond donors (Lipinski definition) is 1. The summed E-state index contributed by atoms with van der Waals surface area (Å²) in [6.07, 6.45) is 7.15. The second-order valence-electron chi connectivity index (χ2n) is 4.55. The Bertz CT molecular complexity index is 473. The highest BCUT2D eigenvalue weighted by Crippen LogP contribution is 2.28. The first-order chi connectivity index (χ1) is 8.92. The van der Waals surface area contributed by atoms with Crippen LogP contribution in [0.5, 0.6) is 0 Å². The van der Waals surface area contributed by atoms with E-state index in [4.69, 9.17) is 4.74 Å². The van der Waals surface area contributed by atoms with E-state index in [1.54, 1.807) is 0 Å². The van der Waals surface area contributed by atoms with E-state index < -0.39 is 0 Å². The van der Waals surface area contributed by atoms with Gasteiger partial charge in [-0.15, -0.1) is 10.2 Å². The fourth-order valence-corrected chi connectivity index (χ4v) is 2.32. The third-order valence-corrected chi connectivity index (χ3v) is 3.23. The summed E-state index contributed by atoms with van der Waals surface area (Å²) in [4.78, 5) is 0. The second kappa shape index (κ2) is 5.26. The van der Waals surface area contributed by atoms with Crippen molar-refractivity contribution in [1.82, 2.24) is 30.4 Å². The summed E-state index contributed by atoms with van der Waals surface area (Å²) >= 11 is 0. The van der Waals surface area contributed by atoms with Crippen LogP contribution in [0.1, 0.15) is 43.2 Å². The third kappa shape index (κ3) is 2.56. The Morgan fingerprint density at radius 1 is 1.33 bits per heavy atom. The lowest BCUT2D eigenvalue weighted by Gasteiger charge is -2.08. The van der Waals surface area contributed by atoms with E-state index in [1.165, 1.54) is 25.7 Å². The number of aromatic amines is 1. The number of rotatable bonds is 5. The van der Waals surface area contributed by atoms with Crippen LogP contribution in [-0.4, -0.2) is 30.4 Å². The third-order valence-electron chi connectivity index (χ3n) is 3.23. The molecule has 0 amide bonds. The predicted octanol–water partition coefficient (Wildman–Crippen LogP) is 1.23. The minimum absolute atomic E-state index is 0.354. The van der Waals surface area contributed by atoms with E-state index >= 15 is 0 Å². The molecular formula is C11H16N6O. The van der Waals surface area contributed by atoms with Gasteiger partial charge >= 0.3 is 0 Å². The Morgan fingerprint density at radius 2 is 2.22 bits per heavy atom. The molecule has 0 unspecified atom stereocenters. The van der Waals surface area contributed by atoms with Gasteiger partial charge < -0.3 is 4.74 Å². The molecule has 0 saturated heterocycles. The van der Waals surface area contributed by atoms with E-state index in [-0.39, 0.29) is 0 Å². The molecule has 0 atom stereocenters. The van der Waals surface area contributed by atoms with Gasteiger partial charge in [-0.3, -0.25) is 4.68 Å². The Hall–Kier alpha value is -1.76. The van der Waals surface area contributed by atoms with Gasteiger partial charge in [0.05, 0.1) is 18.3 Å². The Morgan fingerprint density at radius 3 is 3.00 bits per heavy atom. The van der Waals surface area contributed by atoms with Gasteiger partial charge in [0, 0.05) is 6.20 Å². The molecule has 0 radical (unpaired) electrons. The van der Waals surface area contributed by atoms with Crippen LogP contribution in [0, 0.1) is 0 Å². The van der Waals surface area contributed by atoms with Crippen LogP contribution < -0.4 is 0 Å². The highest BCUT2D eigenvalue weighted by molar-refractivity contribution is 4.98. The highest BCUT2D eigenvalue weighted by atomic mass is 16.5. The zero-order valence-electron chi connectivity index (χ0n) is 10.1. The average Bonchev–Trinajstić information content (AvgIpc) is 3.12. The van der Waals surface area contributed by atoms with Gasteiger partial charge in [-0.2, -0.15) is 10.3 Å². The maximum absolute atomic E-state index is 5.48. The molecule has 0 aliphatic heterocycles. The molecule has 1 aliphatic rings. The summed E-state index contributed by atoms with van der Waals surface area (Å²) in [7, 11) is 0. The van der Waals surface area contributed by atoms with E-state index in [9.17, 15) is 0 Å². The van der Waals surface area contributed by atoms with Gasteiger partial charge in [0.15, 0.2) is 5.82 Å². The SMILES string of the molecule is c1cn(C2CCCC2)nc1COCc1nn[nH]n1. The van der Waals surface area contributed by atoms with Crippen LogP contribution in [0.25, 0.3) is 0 Å². The molecule has 3 rings (SSSR count). The van der Waals surface area contributed by atoms with Crippen LogP contribution in [0.4, 0.5) is 0 Å². The average molecular weight is 248 g/mol. The first-order valence-electron chi connectivity index (χ1n) is 6.26. The van der Waals surface area contributed by atoms with Crippen molar-refractivity contribution in [3.8, 4) is 0 Å². The van der Waals surface area contributed by atoms with Gasteiger partial charge in [-0.25, -0.2) is 0 Å². The molecule has 0 spiro atoms. The quantitative estimate of drug-likeness (QED) is 0.860. The summed E-state index contributed by atoms with van der Waals surface area (Å²) in [6, 6.07) is 2.59. The van der Waals surface area contributed by atoms with Crippen molar-refractivity contribution in [3.05, 3.63) is 23.8 Å². The molecule has 1 saturated carbocycles. The largest absolute Gasteiger partial charge is 0.367 e. The Kier molecular flexibility index (Phi) is 3.31. The molecule has 7 nitrogen and oxygen atoms in total. The van der Waals surface area contributed by atoms with Gasteiger partial charge in [0.2, 0.25) is 0 Å². The molecule has 1 fully saturated rings. The number of aromatic nitrogens is 6. The van der Waals surface area contributed by atoms with Crippen molar-refractivity contribution in [2.24, 2.45) is 0 Å². The Balaban J connectivity index is 1.50. The molecule has 18 heavy (non-hydrogen) atoms. The molecule has 0 bridgehead atoms. The fraction of sp³-hybridized carbons (Fsp3) is 0.636. The van der Waals surface area contributed by atoms with Crippen LogP contribution >= 0.6 is 0 Å². The monoisotopic (exact) mass is 248 g/mol. The zero-order valence-corrected chi connectivity index (χ0v) is 10.1. The lowest BCUT2D eigenvalue weighted by Crippen LogP contribution is -2.06. The first-order valence-corrected chi connectivity index (χ1v) is 6.26. The summed E-state index contributed by atoms with van der Waals surface area (Å²) in [5.74, 6) is 0.560. The lowest BCUT2D eigenvalue weighted by atomic mass is 10.3. The van der Waals surface area contributed by atoms with Gasteiger partial charge in [-0.05, 0) is 18.9 Å². The molecule has 2 aromatic heterocycles. The number of nitrogens with zero attached hydrogens (tertiary/aromatic N) is 5. The molecule has 96 valence electrons. The minimum Gasteiger partial charge on any atom is -0.367 e. The normalized spacial score (nSPS) is 16.4. The lowest BCUT2D eigenvalue weighted by molar-refractivity contribution is 0.0985. The van der Waals surface area contributed by atoms with E-state index in [0.717, 1.165) is 5.69 Å². The summed E-state index contributed by atoms with van der Waals surface area (Å²) in [5.41, 5.74) is 0.949. The number of hydrogen-bond acceptors (Lipinski definition) is 5. The molecule has 0 aromatic carbocycles. The smallest absolute Gasteiger partial charge is 0.200 e. The van der Waals surface area contributed by atoms with Crippen molar-refractivity contribution >= 4 is 0 Å². The maximum atomic E-state index is 5.48. The first kappa shape index (κ1) is 11.3. The van der Waals surface area contributed by atoms with Gasteiger partial charge in [0.1, 0.15) is 6.61 Å². The molecule has 1 N–H and O–H groups in total. The van der Waals surface area contributed by atoms with E-state index in [1.807, 2.05) is 12.3 Å². The van der Waals surface area contributed by atoms with Crippen molar-refractivity contribution in [3.63, 3.8) is 0 Å². The zero-order chi connectivity index (χ0) is 12.2. The van der Waals surface area contributed by atoms with Crippen LogP contribution in [-0.2, 0) is 18.0 Å². The fourth-order valence-electron chi connectivity index (χ4n) is 2.32. The summed E-state index contributed by atoms with van der Waals surface area (Å²) in [6.45, 7) is 0.834. The van der Waals surface area contributed by atoms with Crippen molar-refractivity contribution in [1.29, 1.82) is 0 Å². The highest BCUT2D eigenvalue weighted by Gasteiger charge is 2.17. The van der Waals surface area contributed by atoms with E-state index in [2.05, 4.69) is 30.4 Å². The van der Waals surface area contributed by atoms with Crippen LogP contribution in [0.3, 0.4) is 0 Å². The van der Waals surface area contributed by atoms with Crippen molar-refractivity contribution < 1.29 is 4.74 Å². The topological polar surface area (TPSA) is 81.5 Å². The second-order valence-corrected chi connectivity index (χ2v) is 4.55. The van der Waals surface area contributed by atoms with Crippen LogP contribution in [0.2, 0.25) is 0 Å². The summed E-state index contributed by atoms with van der Waals surface area (Å²) < 4.78 is 7.55. The molecule has 7 heteroatoms.